The highest BCUT2D eigenvalue weighted by Gasteiger charge is 2.46. The fraction of sp³-hybridized carbons (Fsp3) is 0.533. The first-order chi connectivity index (χ1) is 9.53. The van der Waals surface area contributed by atoms with Gasteiger partial charge < -0.3 is 9.84 Å². The van der Waals surface area contributed by atoms with E-state index >= 15 is 0 Å². The van der Waals surface area contributed by atoms with E-state index in [0.717, 1.165) is 0 Å². The maximum Gasteiger partial charge on any atom is 0.123 e. The molecule has 4 nitrogen and oxygen atoms in total. The second-order valence-corrected chi connectivity index (χ2v) is 5.75. The third kappa shape index (κ3) is 2.10. The van der Waals surface area contributed by atoms with Gasteiger partial charge in [0.05, 0.1) is 30.4 Å². The van der Waals surface area contributed by atoms with Gasteiger partial charge in [0.25, 0.3) is 0 Å². The fourth-order valence-corrected chi connectivity index (χ4v) is 3.36. The molecule has 0 saturated carbocycles. The lowest BCUT2D eigenvalue weighted by Crippen LogP contribution is -2.59. The van der Waals surface area contributed by atoms with Crippen LogP contribution < -0.4 is 0 Å². The number of fused-ring (bicyclic) bond motifs is 2. The highest BCUT2D eigenvalue weighted by atomic mass is 19.1. The number of ether oxygens (including phenoxy) is 1. The molecule has 2 saturated heterocycles. The SMILES string of the molecule is CN1C2COCC1CC(O)(c1cc(F)ccc1C#N)C2. The fourth-order valence-electron chi connectivity index (χ4n) is 3.36. The zero-order valence-electron chi connectivity index (χ0n) is 11.3. The van der Waals surface area contributed by atoms with Crippen LogP contribution in [0.15, 0.2) is 18.2 Å². The molecule has 2 aliphatic rings. The Kier molecular flexibility index (Phi) is 3.25. The predicted molar refractivity (Wildman–Crippen MR) is 70.4 cm³/mol. The zero-order valence-corrected chi connectivity index (χ0v) is 11.3. The van der Waals surface area contributed by atoms with Gasteiger partial charge in [-0.15, -0.1) is 0 Å². The van der Waals surface area contributed by atoms with E-state index < -0.39 is 11.4 Å². The van der Waals surface area contributed by atoms with E-state index in [-0.39, 0.29) is 12.1 Å². The van der Waals surface area contributed by atoms with Crippen molar-refractivity contribution in [3.05, 3.63) is 35.1 Å². The van der Waals surface area contributed by atoms with E-state index in [0.29, 0.717) is 37.2 Å². The van der Waals surface area contributed by atoms with Crippen molar-refractivity contribution in [1.82, 2.24) is 4.90 Å². The average molecular weight is 276 g/mol. The molecule has 20 heavy (non-hydrogen) atoms. The molecule has 1 N–H and O–H groups in total. The van der Waals surface area contributed by atoms with Gasteiger partial charge in [-0.05, 0) is 38.1 Å². The van der Waals surface area contributed by atoms with Gasteiger partial charge in [-0.25, -0.2) is 4.39 Å². The lowest BCUT2D eigenvalue weighted by Gasteiger charge is -2.50. The van der Waals surface area contributed by atoms with Crippen LogP contribution in [0.3, 0.4) is 0 Å². The molecule has 2 aliphatic heterocycles. The van der Waals surface area contributed by atoms with E-state index in [1.807, 2.05) is 7.05 Å². The van der Waals surface area contributed by atoms with Gasteiger partial charge in [0.1, 0.15) is 5.82 Å². The quantitative estimate of drug-likeness (QED) is 0.842. The number of hydrogen-bond acceptors (Lipinski definition) is 4. The van der Waals surface area contributed by atoms with Gasteiger partial charge in [-0.3, -0.25) is 4.90 Å². The second kappa shape index (κ2) is 4.81. The third-order valence-electron chi connectivity index (χ3n) is 4.52. The molecule has 1 aromatic rings. The van der Waals surface area contributed by atoms with Crippen molar-refractivity contribution in [1.29, 1.82) is 5.26 Å². The molecule has 2 unspecified atom stereocenters. The highest BCUT2D eigenvalue weighted by Crippen LogP contribution is 2.41. The van der Waals surface area contributed by atoms with Crippen LogP contribution in [-0.4, -0.2) is 42.4 Å². The standard InChI is InChI=1S/C15H17FN2O2/c1-18-12-5-15(19,6-13(18)9-20-8-12)14-4-11(16)3-2-10(14)7-17/h2-4,12-13,19H,5-6,8-9H2,1H3. The van der Waals surface area contributed by atoms with E-state index in [4.69, 9.17) is 4.74 Å². The summed E-state index contributed by atoms with van der Waals surface area (Å²) in [5, 5.41) is 20.2. The minimum Gasteiger partial charge on any atom is -0.385 e. The molecule has 106 valence electrons. The summed E-state index contributed by atoms with van der Waals surface area (Å²) < 4.78 is 19.0. The highest BCUT2D eigenvalue weighted by molar-refractivity contribution is 5.42. The molecule has 2 heterocycles. The van der Waals surface area contributed by atoms with Crippen molar-refractivity contribution in [3.63, 3.8) is 0 Å². The Bertz CT molecular complexity index is 555. The zero-order chi connectivity index (χ0) is 14.3. The summed E-state index contributed by atoms with van der Waals surface area (Å²) in [5.41, 5.74) is -0.402. The molecule has 0 aromatic heterocycles. The average Bonchev–Trinajstić information content (AvgIpc) is 2.41. The smallest absolute Gasteiger partial charge is 0.123 e. The molecule has 3 rings (SSSR count). The maximum absolute atomic E-state index is 13.5. The first-order valence-corrected chi connectivity index (χ1v) is 6.76. The monoisotopic (exact) mass is 276 g/mol. The van der Waals surface area contributed by atoms with Crippen molar-refractivity contribution in [2.75, 3.05) is 20.3 Å². The number of nitriles is 1. The summed E-state index contributed by atoms with van der Waals surface area (Å²) >= 11 is 0. The lowest BCUT2D eigenvalue weighted by molar-refractivity contribution is -0.137. The van der Waals surface area contributed by atoms with Gasteiger partial charge >= 0.3 is 0 Å². The van der Waals surface area contributed by atoms with Crippen LogP contribution in [0.2, 0.25) is 0 Å². The van der Waals surface area contributed by atoms with Gasteiger partial charge in [0.2, 0.25) is 0 Å². The number of piperidine rings is 1. The Morgan fingerprint density at radius 2 is 2.05 bits per heavy atom. The second-order valence-electron chi connectivity index (χ2n) is 5.75. The predicted octanol–water partition coefficient (Wildman–Crippen LogP) is 1.38. The molecule has 0 aliphatic carbocycles. The number of halogens is 1. The number of rotatable bonds is 1. The number of morpholine rings is 1. The summed E-state index contributed by atoms with van der Waals surface area (Å²) in [6, 6.07) is 6.23. The van der Waals surface area contributed by atoms with Crippen molar-refractivity contribution in [3.8, 4) is 6.07 Å². The summed E-state index contributed by atoms with van der Waals surface area (Å²) in [7, 11) is 2.02. The normalized spacial score (nSPS) is 33.7. The molecule has 2 bridgehead atoms. The van der Waals surface area contributed by atoms with Crippen LogP contribution in [0.4, 0.5) is 4.39 Å². The molecule has 0 amide bonds. The maximum atomic E-state index is 13.5. The summed E-state index contributed by atoms with van der Waals surface area (Å²) in [6.07, 6.45) is 0.913. The number of hydrogen-bond donors (Lipinski definition) is 1. The van der Waals surface area contributed by atoms with E-state index in [9.17, 15) is 14.8 Å². The molecule has 2 fully saturated rings. The Hall–Kier alpha value is -1.48. The Labute approximate surface area is 117 Å². The van der Waals surface area contributed by atoms with Gasteiger partial charge in [-0.2, -0.15) is 5.26 Å². The van der Waals surface area contributed by atoms with Crippen molar-refractivity contribution in [2.45, 2.75) is 30.5 Å². The largest absolute Gasteiger partial charge is 0.385 e. The molecular weight excluding hydrogens is 259 g/mol. The van der Waals surface area contributed by atoms with E-state index in [1.165, 1.54) is 18.2 Å². The summed E-state index contributed by atoms with van der Waals surface area (Å²) in [4.78, 5) is 2.21. The Balaban J connectivity index is 2.01. The molecule has 0 spiro atoms. The molecular formula is C15H17FN2O2. The van der Waals surface area contributed by atoms with Crippen LogP contribution in [0.1, 0.15) is 24.0 Å². The molecule has 2 atom stereocenters. The number of nitrogens with zero attached hydrogens (tertiary/aromatic N) is 2. The minimum atomic E-state index is -1.15. The summed E-state index contributed by atoms with van der Waals surface area (Å²) in [5.74, 6) is -0.423. The van der Waals surface area contributed by atoms with Crippen molar-refractivity contribution < 1.29 is 14.2 Å². The Morgan fingerprint density at radius 3 is 2.65 bits per heavy atom. The molecule has 0 radical (unpaired) electrons. The lowest BCUT2D eigenvalue weighted by atomic mass is 9.75. The number of benzene rings is 1. The minimum absolute atomic E-state index is 0.0994. The van der Waals surface area contributed by atoms with Gasteiger partial charge in [-0.1, -0.05) is 0 Å². The number of aliphatic hydroxyl groups is 1. The summed E-state index contributed by atoms with van der Waals surface area (Å²) in [6.45, 7) is 1.12. The van der Waals surface area contributed by atoms with Crippen LogP contribution in [0.5, 0.6) is 0 Å². The third-order valence-corrected chi connectivity index (χ3v) is 4.52. The Morgan fingerprint density at radius 1 is 1.40 bits per heavy atom. The van der Waals surface area contributed by atoms with Gasteiger partial charge in [0, 0.05) is 17.6 Å². The molecule has 1 aromatic carbocycles. The van der Waals surface area contributed by atoms with Gasteiger partial charge in [0.15, 0.2) is 0 Å². The number of likely N-dealkylation sites (N-methyl/N-ethyl adjacent to an activating group) is 1. The van der Waals surface area contributed by atoms with Crippen molar-refractivity contribution in [2.24, 2.45) is 0 Å². The van der Waals surface area contributed by atoms with Crippen LogP contribution in [0.25, 0.3) is 0 Å². The van der Waals surface area contributed by atoms with E-state index in [2.05, 4.69) is 11.0 Å². The van der Waals surface area contributed by atoms with E-state index in [1.54, 1.807) is 0 Å². The van der Waals surface area contributed by atoms with Crippen molar-refractivity contribution >= 4 is 0 Å². The van der Waals surface area contributed by atoms with Crippen LogP contribution in [-0.2, 0) is 10.3 Å². The first-order valence-electron chi connectivity index (χ1n) is 6.76. The topological polar surface area (TPSA) is 56.5 Å². The van der Waals surface area contributed by atoms with Crippen LogP contribution >= 0.6 is 0 Å². The van der Waals surface area contributed by atoms with Crippen LogP contribution in [0, 0.1) is 17.1 Å². The first kappa shape index (κ1) is 13.5. The molecule has 5 heteroatoms.